The molecule has 1 unspecified atom stereocenters. The Morgan fingerprint density at radius 3 is 2.77 bits per heavy atom. The van der Waals surface area contributed by atoms with Gasteiger partial charge in [-0.1, -0.05) is 31.9 Å². The summed E-state index contributed by atoms with van der Waals surface area (Å²) in [6.07, 6.45) is 1.68. The maximum Gasteiger partial charge on any atom is 0.173 e. The summed E-state index contributed by atoms with van der Waals surface area (Å²) >= 11 is 7.11. The predicted octanol–water partition coefficient (Wildman–Crippen LogP) is 4.02. The Labute approximate surface area is 87.7 Å². The number of rotatable bonds is 4. The van der Waals surface area contributed by atoms with Crippen molar-refractivity contribution in [1.29, 1.82) is 0 Å². The summed E-state index contributed by atoms with van der Waals surface area (Å²) in [4.78, 5) is 12.4. The molecule has 1 rings (SSSR count). The zero-order valence-electron chi connectivity index (χ0n) is 7.84. The lowest BCUT2D eigenvalue weighted by Crippen LogP contribution is -2.03. The van der Waals surface area contributed by atoms with Crippen LogP contribution in [0.1, 0.15) is 36.4 Å². The first-order chi connectivity index (χ1) is 6.13. The normalized spacial score (nSPS) is 12.8. The molecule has 0 radical (unpaired) electrons. The molecule has 0 N–H and O–H groups in total. The molecule has 0 aliphatic rings. The van der Waals surface area contributed by atoms with Gasteiger partial charge in [-0.05, 0) is 18.1 Å². The highest BCUT2D eigenvalue weighted by Crippen LogP contribution is 2.24. The molecule has 0 bridgehead atoms. The van der Waals surface area contributed by atoms with Gasteiger partial charge in [-0.25, -0.2) is 0 Å². The predicted molar refractivity (Wildman–Crippen MR) is 57.7 cm³/mol. The summed E-state index contributed by atoms with van der Waals surface area (Å²) in [5, 5.41) is 0. The standard InChI is InChI=1S/C10H13ClOS/c1-3-7(2)6-8(12)9-4-5-10(11)13-9/h4-5,7H,3,6H2,1-2H3. The number of hydrogen-bond donors (Lipinski definition) is 0. The van der Waals surface area contributed by atoms with Crippen molar-refractivity contribution in [2.24, 2.45) is 5.92 Å². The van der Waals surface area contributed by atoms with E-state index in [0.29, 0.717) is 16.7 Å². The van der Waals surface area contributed by atoms with Crippen molar-refractivity contribution < 1.29 is 4.79 Å². The highest BCUT2D eigenvalue weighted by Gasteiger charge is 2.11. The van der Waals surface area contributed by atoms with E-state index in [-0.39, 0.29) is 5.78 Å². The SMILES string of the molecule is CCC(C)CC(=O)c1ccc(Cl)s1. The minimum atomic E-state index is 0.214. The van der Waals surface area contributed by atoms with E-state index in [4.69, 9.17) is 11.6 Å². The fourth-order valence-electron chi connectivity index (χ4n) is 1.03. The summed E-state index contributed by atoms with van der Waals surface area (Å²) in [7, 11) is 0. The largest absolute Gasteiger partial charge is 0.293 e. The molecule has 3 heteroatoms. The van der Waals surface area contributed by atoms with Crippen molar-refractivity contribution >= 4 is 28.7 Å². The Kier molecular flexibility index (Phi) is 3.94. The van der Waals surface area contributed by atoms with Crippen LogP contribution in [0.4, 0.5) is 0 Å². The van der Waals surface area contributed by atoms with Crippen molar-refractivity contribution in [3.05, 3.63) is 21.3 Å². The molecule has 0 spiro atoms. The number of ketones is 1. The van der Waals surface area contributed by atoms with Gasteiger partial charge in [0.25, 0.3) is 0 Å². The van der Waals surface area contributed by atoms with Crippen LogP contribution in [-0.4, -0.2) is 5.78 Å². The van der Waals surface area contributed by atoms with Crippen molar-refractivity contribution in [1.82, 2.24) is 0 Å². The summed E-state index contributed by atoms with van der Waals surface area (Å²) in [5.41, 5.74) is 0. The van der Waals surface area contributed by atoms with Gasteiger partial charge in [-0.2, -0.15) is 0 Å². The molecule has 0 aliphatic carbocycles. The number of Topliss-reactive ketones (excluding diaryl/α,β-unsaturated/α-hetero) is 1. The van der Waals surface area contributed by atoms with E-state index in [9.17, 15) is 4.79 Å². The Morgan fingerprint density at radius 2 is 2.31 bits per heavy atom. The minimum Gasteiger partial charge on any atom is -0.293 e. The van der Waals surface area contributed by atoms with Gasteiger partial charge in [0.2, 0.25) is 0 Å². The van der Waals surface area contributed by atoms with Crippen molar-refractivity contribution in [2.45, 2.75) is 26.7 Å². The van der Waals surface area contributed by atoms with Crippen LogP contribution in [0.25, 0.3) is 0 Å². The van der Waals surface area contributed by atoms with Crippen LogP contribution in [0.5, 0.6) is 0 Å². The molecule has 13 heavy (non-hydrogen) atoms. The van der Waals surface area contributed by atoms with Gasteiger partial charge in [0.05, 0.1) is 9.21 Å². The summed E-state index contributed by atoms with van der Waals surface area (Å²) in [5.74, 6) is 0.680. The molecule has 0 amide bonds. The number of halogens is 1. The molecule has 0 saturated heterocycles. The van der Waals surface area contributed by atoms with E-state index in [2.05, 4.69) is 13.8 Å². The van der Waals surface area contributed by atoms with E-state index >= 15 is 0 Å². The third-order valence-corrected chi connectivity index (χ3v) is 3.35. The second-order valence-electron chi connectivity index (χ2n) is 3.24. The maximum absolute atomic E-state index is 11.6. The number of carbonyl (C=O) groups excluding carboxylic acids is 1. The highest BCUT2D eigenvalue weighted by molar-refractivity contribution is 7.18. The van der Waals surface area contributed by atoms with Crippen LogP contribution in [-0.2, 0) is 0 Å². The van der Waals surface area contributed by atoms with E-state index in [1.807, 2.05) is 0 Å². The van der Waals surface area contributed by atoms with Crippen molar-refractivity contribution in [2.75, 3.05) is 0 Å². The zero-order chi connectivity index (χ0) is 9.84. The van der Waals surface area contributed by atoms with Gasteiger partial charge >= 0.3 is 0 Å². The Hall–Kier alpha value is -0.340. The molecular formula is C10H13ClOS. The second kappa shape index (κ2) is 4.77. The molecule has 1 aromatic heterocycles. The molecule has 0 fully saturated rings. The quantitative estimate of drug-likeness (QED) is 0.695. The summed E-state index contributed by atoms with van der Waals surface area (Å²) < 4.78 is 0.688. The number of hydrogen-bond acceptors (Lipinski definition) is 2. The lowest BCUT2D eigenvalue weighted by Gasteiger charge is -2.04. The van der Waals surface area contributed by atoms with Crippen molar-refractivity contribution in [3.8, 4) is 0 Å². The average Bonchev–Trinajstić information content (AvgIpc) is 2.51. The molecule has 1 aromatic rings. The Balaban J connectivity index is 2.58. The van der Waals surface area contributed by atoms with Crippen LogP contribution in [0, 0.1) is 5.92 Å². The average molecular weight is 217 g/mol. The smallest absolute Gasteiger partial charge is 0.173 e. The van der Waals surface area contributed by atoms with E-state index in [0.717, 1.165) is 11.3 Å². The van der Waals surface area contributed by atoms with Crippen molar-refractivity contribution in [3.63, 3.8) is 0 Å². The van der Waals surface area contributed by atoms with Gasteiger partial charge in [0.15, 0.2) is 5.78 Å². The molecule has 0 aromatic carbocycles. The fraction of sp³-hybridized carbons (Fsp3) is 0.500. The molecular weight excluding hydrogens is 204 g/mol. The monoisotopic (exact) mass is 216 g/mol. The lowest BCUT2D eigenvalue weighted by molar-refractivity contribution is 0.0967. The topological polar surface area (TPSA) is 17.1 Å². The Morgan fingerprint density at radius 1 is 1.62 bits per heavy atom. The molecule has 1 heterocycles. The maximum atomic E-state index is 11.6. The van der Waals surface area contributed by atoms with Crippen LogP contribution in [0.15, 0.2) is 12.1 Å². The molecule has 1 atom stereocenters. The zero-order valence-corrected chi connectivity index (χ0v) is 9.41. The van der Waals surface area contributed by atoms with Crippen LogP contribution in [0.2, 0.25) is 4.34 Å². The third kappa shape index (κ3) is 3.12. The van der Waals surface area contributed by atoms with E-state index < -0.39 is 0 Å². The van der Waals surface area contributed by atoms with Crippen LogP contribution in [0.3, 0.4) is 0 Å². The van der Waals surface area contributed by atoms with Crippen LogP contribution >= 0.6 is 22.9 Å². The van der Waals surface area contributed by atoms with Gasteiger partial charge in [0.1, 0.15) is 0 Å². The number of carbonyl (C=O) groups is 1. The van der Waals surface area contributed by atoms with E-state index in [1.165, 1.54) is 11.3 Å². The van der Waals surface area contributed by atoms with Gasteiger partial charge in [-0.15, -0.1) is 11.3 Å². The highest BCUT2D eigenvalue weighted by atomic mass is 35.5. The number of thiophene rings is 1. The molecule has 0 saturated carbocycles. The Bertz CT molecular complexity index is 293. The molecule has 1 nitrogen and oxygen atoms in total. The third-order valence-electron chi connectivity index (χ3n) is 2.08. The second-order valence-corrected chi connectivity index (χ2v) is 4.96. The first kappa shape index (κ1) is 10.7. The van der Waals surface area contributed by atoms with Gasteiger partial charge < -0.3 is 0 Å². The van der Waals surface area contributed by atoms with Crippen LogP contribution < -0.4 is 0 Å². The van der Waals surface area contributed by atoms with Gasteiger partial charge in [-0.3, -0.25) is 4.79 Å². The summed E-state index contributed by atoms with van der Waals surface area (Å²) in [6, 6.07) is 3.58. The summed E-state index contributed by atoms with van der Waals surface area (Å²) in [6.45, 7) is 4.19. The van der Waals surface area contributed by atoms with E-state index in [1.54, 1.807) is 12.1 Å². The van der Waals surface area contributed by atoms with Gasteiger partial charge in [0, 0.05) is 6.42 Å². The first-order valence-electron chi connectivity index (χ1n) is 4.42. The first-order valence-corrected chi connectivity index (χ1v) is 5.61. The fourth-order valence-corrected chi connectivity index (χ4v) is 2.02. The minimum absolute atomic E-state index is 0.214. The molecule has 72 valence electrons. The molecule has 0 aliphatic heterocycles. The lowest BCUT2D eigenvalue weighted by atomic mass is 10.0.